The average Bonchev–Trinajstić information content (AvgIpc) is 2.45. The molecule has 0 rings (SSSR count). The number of aliphatic carboxylic acids is 2. The molecule has 0 fully saturated rings. The Bertz CT molecular complexity index is 387. The third kappa shape index (κ3) is 14.7. The van der Waals surface area contributed by atoms with E-state index in [2.05, 4.69) is 9.47 Å². The van der Waals surface area contributed by atoms with Crippen molar-refractivity contribution in [2.24, 2.45) is 5.73 Å². The van der Waals surface area contributed by atoms with Crippen molar-refractivity contribution in [2.45, 2.75) is 18.9 Å². The monoisotopic (exact) mass is 351 g/mol. The number of carboxylic acids is 2. The minimum Gasteiger partial charge on any atom is -0.480 e. The molecule has 0 radical (unpaired) electrons. The van der Waals surface area contributed by atoms with E-state index in [1.165, 1.54) is 0 Å². The maximum atomic E-state index is 11.4. The van der Waals surface area contributed by atoms with Crippen LogP contribution < -0.4 is 5.73 Å². The molecule has 138 valence electrons. The largest absolute Gasteiger partial charge is 0.480 e. The average molecular weight is 351 g/mol. The van der Waals surface area contributed by atoms with E-state index in [0.717, 1.165) is 0 Å². The molecule has 0 aromatic carbocycles. The third-order valence-corrected chi connectivity index (χ3v) is 2.29. The van der Waals surface area contributed by atoms with Crippen LogP contribution >= 0.6 is 0 Å². The maximum absolute atomic E-state index is 11.4. The van der Waals surface area contributed by atoms with E-state index in [1.54, 1.807) is 0 Å². The summed E-state index contributed by atoms with van der Waals surface area (Å²) in [5.41, 5.74) is 5.60. The summed E-state index contributed by atoms with van der Waals surface area (Å²) in [5, 5.41) is 16.6. The molecule has 0 spiro atoms. The van der Waals surface area contributed by atoms with Gasteiger partial charge in [-0.15, -0.1) is 0 Å². The molecule has 0 amide bonds. The van der Waals surface area contributed by atoms with Crippen LogP contribution in [0.15, 0.2) is 0 Å². The number of nitrogens with two attached hydrogens (primary N) is 1. The molecule has 0 unspecified atom stereocenters. The highest BCUT2D eigenvalue weighted by Gasteiger charge is 2.15. The molecule has 0 heterocycles. The second-order valence-electron chi connectivity index (χ2n) is 4.50. The standard InChI is InChI=1S/C13H21NO10/c14-9(5-12(19)23-3-1-21-7-10(15)16)6-13(20)24-4-2-22-8-11(17)18/h9H,1-8,14H2,(H,15,16)(H,17,18). The van der Waals surface area contributed by atoms with Crippen LogP contribution in [0.5, 0.6) is 0 Å². The number of rotatable bonds is 14. The molecule has 11 nitrogen and oxygen atoms in total. The minimum atomic E-state index is -1.13. The molecule has 0 aromatic rings. The Hall–Kier alpha value is -2.24. The van der Waals surface area contributed by atoms with Crippen LogP contribution in [0.2, 0.25) is 0 Å². The number of hydrogen-bond acceptors (Lipinski definition) is 9. The zero-order chi connectivity index (χ0) is 18.4. The van der Waals surface area contributed by atoms with Crippen molar-refractivity contribution >= 4 is 23.9 Å². The van der Waals surface area contributed by atoms with Crippen molar-refractivity contribution in [3.63, 3.8) is 0 Å². The zero-order valence-corrected chi connectivity index (χ0v) is 13.0. The highest BCUT2D eigenvalue weighted by molar-refractivity contribution is 5.74. The molecule has 24 heavy (non-hydrogen) atoms. The number of hydrogen-bond donors (Lipinski definition) is 3. The maximum Gasteiger partial charge on any atom is 0.329 e. The number of carbonyl (C=O) groups is 4. The van der Waals surface area contributed by atoms with E-state index in [-0.39, 0.29) is 39.3 Å². The lowest BCUT2D eigenvalue weighted by Crippen LogP contribution is -2.29. The lowest BCUT2D eigenvalue weighted by molar-refractivity contribution is -0.148. The smallest absolute Gasteiger partial charge is 0.329 e. The van der Waals surface area contributed by atoms with Crippen LogP contribution in [-0.2, 0) is 38.1 Å². The Morgan fingerprint density at radius 3 is 1.46 bits per heavy atom. The van der Waals surface area contributed by atoms with Gasteiger partial charge in [-0.1, -0.05) is 0 Å². The van der Waals surface area contributed by atoms with Crippen LogP contribution in [0.1, 0.15) is 12.8 Å². The van der Waals surface area contributed by atoms with Crippen molar-refractivity contribution < 1.29 is 48.3 Å². The first-order valence-electron chi connectivity index (χ1n) is 6.97. The first-order chi connectivity index (χ1) is 11.3. The van der Waals surface area contributed by atoms with Crippen molar-refractivity contribution in [3.8, 4) is 0 Å². The highest BCUT2D eigenvalue weighted by atomic mass is 16.6. The molecule has 0 aromatic heterocycles. The van der Waals surface area contributed by atoms with Crippen LogP contribution in [0, 0.1) is 0 Å². The Kier molecular flexibility index (Phi) is 12.0. The predicted molar refractivity (Wildman–Crippen MR) is 76.0 cm³/mol. The van der Waals surface area contributed by atoms with Gasteiger partial charge in [0.05, 0.1) is 26.1 Å². The van der Waals surface area contributed by atoms with Crippen molar-refractivity contribution in [2.75, 3.05) is 39.6 Å². The van der Waals surface area contributed by atoms with E-state index in [9.17, 15) is 19.2 Å². The second kappa shape index (κ2) is 13.2. The topological polar surface area (TPSA) is 172 Å². The molecular weight excluding hydrogens is 330 g/mol. The molecule has 0 saturated carbocycles. The van der Waals surface area contributed by atoms with Crippen LogP contribution in [-0.4, -0.2) is 79.8 Å². The fourth-order valence-corrected chi connectivity index (χ4v) is 1.37. The van der Waals surface area contributed by atoms with Gasteiger partial charge in [-0.25, -0.2) is 9.59 Å². The van der Waals surface area contributed by atoms with Crippen molar-refractivity contribution in [1.82, 2.24) is 0 Å². The van der Waals surface area contributed by atoms with Gasteiger partial charge >= 0.3 is 23.9 Å². The molecule has 0 bridgehead atoms. The van der Waals surface area contributed by atoms with Crippen LogP contribution in [0.4, 0.5) is 0 Å². The van der Waals surface area contributed by atoms with Gasteiger partial charge in [-0.2, -0.15) is 0 Å². The predicted octanol–water partition coefficient (Wildman–Crippen LogP) is -1.62. The molecule has 4 N–H and O–H groups in total. The van der Waals surface area contributed by atoms with Gasteiger partial charge in [0.2, 0.25) is 0 Å². The fourth-order valence-electron chi connectivity index (χ4n) is 1.37. The molecule has 11 heteroatoms. The van der Waals surface area contributed by atoms with E-state index < -0.39 is 43.1 Å². The van der Waals surface area contributed by atoms with Crippen LogP contribution in [0.25, 0.3) is 0 Å². The summed E-state index contributed by atoms with van der Waals surface area (Å²) in [5.74, 6) is -3.57. The first kappa shape index (κ1) is 21.8. The van der Waals surface area contributed by atoms with Gasteiger partial charge in [0.1, 0.15) is 26.4 Å². The Morgan fingerprint density at radius 1 is 0.750 bits per heavy atom. The normalized spacial score (nSPS) is 10.4. The van der Waals surface area contributed by atoms with Crippen molar-refractivity contribution in [1.29, 1.82) is 0 Å². The Morgan fingerprint density at radius 2 is 1.12 bits per heavy atom. The van der Waals surface area contributed by atoms with Gasteiger partial charge in [-0.3, -0.25) is 9.59 Å². The number of carboxylic acid groups (broad SMARTS) is 2. The van der Waals surface area contributed by atoms with Gasteiger partial charge in [0.15, 0.2) is 0 Å². The van der Waals surface area contributed by atoms with Gasteiger partial charge in [-0.05, 0) is 0 Å². The summed E-state index contributed by atoms with van der Waals surface area (Å²) in [6, 6.07) is -0.801. The van der Waals surface area contributed by atoms with E-state index >= 15 is 0 Å². The Balaban J connectivity index is 3.66. The number of esters is 2. The SMILES string of the molecule is NC(CC(=O)OCCOCC(=O)O)CC(=O)OCCOCC(=O)O. The van der Waals surface area contributed by atoms with E-state index in [0.29, 0.717) is 0 Å². The minimum absolute atomic E-state index is 0.0638. The molecule has 0 aliphatic carbocycles. The lowest BCUT2D eigenvalue weighted by atomic mass is 10.1. The van der Waals surface area contributed by atoms with Gasteiger partial charge in [0.25, 0.3) is 0 Å². The zero-order valence-electron chi connectivity index (χ0n) is 13.0. The van der Waals surface area contributed by atoms with Crippen LogP contribution in [0.3, 0.4) is 0 Å². The molecule has 0 atom stereocenters. The number of carbonyl (C=O) groups excluding carboxylic acids is 2. The summed E-state index contributed by atoms with van der Waals surface area (Å²) >= 11 is 0. The summed E-state index contributed by atoms with van der Waals surface area (Å²) in [4.78, 5) is 43.1. The fraction of sp³-hybridized carbons (Fsp3) is 0.692. The second-order valence-corrected chi connectivity index (χ2v) is 4.50. The lowest BCUT2D eigenvalue weighted by Gasteiger charge is -2.11. The van der Waals surface area contributed by atoms with E-state index in [1.807, 2.05) is 0 Å². The first-order valence-corrected chi connectivity index (χ1v) is 6.97. The molecule has 0 aliphatic heterocycles. The molecule has 0 aliphatic rings. The summed E-state index contributed by atoms with van der Waals surface area (Å²) in [6.07, 6.45) is -0.437. The summed E-state index contributed by atoms with van der Waals surface area (Å²) in [6.45, 7) is -1.34. The van der Waals surface area contributed by atoms with Crippen molar-refractivity contribution in [3.05, 3.63) is 0 Å². The molecule has 0 saturated heterocycles. The van der Waals surface area contributed by atoms with E-state index in [4.69, 9.17) is 25.4 Å². The highest BCUT2D eigenvalue weighted by Crippen LogP contribution is 1.99. The van der Waals surface area contributed by atoms with Gasteiger partial charge < -0.3 is 34.9 Å². The number of ether oxygens (including phenoxy) is 4. The quantitative estimate of drug-likeness (QED) is 0.242. The molecular formula is C13H21NO10. The summed E-state index contributed by atoms with van der Waals surface area (Å²) < 4.78 is 18.8. The third-order valence-electron chi connectivity index (χ3n) is 2.29. The van der Waals surface area contributed by atoms with Gasteiger partial charge in [0, 0.05) is 6.04 Å². The Labute approximate surface area is 137 Å². The summed E-state index contributed by atoms with van der Waals surface area (Å²) in [7, 11) is 0.